The molecule has 0 saturated carbocycles. The Morgan fingerprint density at radius 3 is 2.79 bits per heavy atom. The van der Waals surface area contributed by atoms with Gasteiger partial charge in [-0.3, -0.25) is 4.79 Å². The zero-order valence-electron chi connectivity index (χ0n) is 17.7. The average molecular weight is 440 g/mol. The Hall–Kier alpha value is -4.60. The van der Waals surface area contributed by atoms with Gasteiger partial charge in [0.25, 0.3) is 0 Å². The van der Waals surface area contributed by atoms with Gasteiger partial charge in [-0.05, 0) is 53.2 Å². The molecule has 5 aromatic rings. The molecule has 0 aliphatic carbocycles. The van der Waals surface area contributed by atoms with Crippen LogP contribution in [0, 0.1) is 0 Å². The zero-order chi connectivity index (χ0) is 22.8. The highest BCUT2D eigenvalue weighted by Crippen LogP contribution is 2.28. The summed E-state index contributed by atoms with van der Waals surface area (Å²) in [6.45, 7) is 2.49. The van der Waals surface area contributed by atoms with Crippen LogP contribution >= 0.6 is 0 Å². The highest BCUT2D eigenvalue weighted by Gasteiger charge is 2.13. The number of hydrogen-bond donors (Lipinski definition) is 1. The van der Waals surface area contributed by atoms with Crippen molar-refractivity contribution in [3.8, 4) is 28.1 Å². The van der Waals surface area contributed by atoms with Gasteiger partial charge in [0.2, 0.25) is 5.91 Å². The van der Waals surface area contributed by atoms with Crippen LogP contribution in [0.5, 0.6) is 5.75 Å². The standard InChI is InChI=1S/C23H20N8O2/c1-15(13-30-14-25-28-29-30)33-19-7-3-5-17(11-19)21-8-9-31-23(27-21)20(12-26-31)16-4-2-6-18(10-16)22(24)32/h2-12,14-15H,13H2,1H3,(H2,24,32). The molecule has 0 fully saturated rings. The number of fused-ring (bicyclic) bond motifs is 1. The van der Waals surface area contributed by atoms with E-state index in [0.29, 0.717) is 17.8 Å². The number of carbonyl (C=O) groups excluding carboxylic acids is 1. The van der Waals surface area contributed by atoms with Crippen LogP contribution in [0.3, 0.4) is 0 Å². The first-order valence-electron chi connectivity index (χ1n) is 10.3. The van der Waals surface area contributed by atoms with Crippen molar-refractivity contribution in [3.63, 3.8) is 0 Å². The Morgan fingerprint density at radius 2 is 1.97 bits per heavy atom. The number of ether oxygens (including phenoxy) is 1. The van der Waals surface area contributed by atoms with E-state index in [1.165, 1.54) is 0 Å². The van der Waals surface area contributed by atoms with Crippen LogP contribution in [0.25, 0.3) is 28.0 Å². The molecule has 3 heterocycles. The number of primary amides is 1. The molecule has 0 spiro atoms. The minimum Gasteiger partial charge on any atom is -0.489 e. The van der Waals surface area contributed by atoms with E-state index in [2.05, 4.69) is 20.6 Å². The third-order valence-corrected chi connectivity index (χ3v) is 5.13. The molecule has 1 atom stereocenters. The Morgan fingerprint density at radius 1 is 1.12 bits per heavy atom. The Bertz CT molecular complexity index is 1430. The van der Waals surface area contributed by atoms with E-state index in [-0.39, 0.29) is 6.10 Å². The van der Waals surface area contributed by atoms with Crippen LogP contribution < -0.4 is 10.5 Å². The lowest BCUT2D eigenvalue weighted by molar-refractivity contribution is 0.100. The van der Waals surface area contributed by atoms with Gasteiger partial charge in [0.1, 0.15) is 18.2 Å². The summed E-state index contributed by atoms with van der Waals surface area (Å²) in [6.07, 6.45) is 5.01. The molecule has 1 unspecified atom stereocenters. The van der Waals surface area contributed by atoms with Gasteiger partial charge < -0.3 is 10.5 Å². The van der Waals surface area contributed by atoms with Crippen LogP contribution in [0.1, 0.15) is 17.3 Å². The van der Waals surface area contributed by atoms with Crippen molar-refractivity contribution in [2.75, 3.05) is 0 Å². The zero-order valence-corrected chi connectivity index (χ0v) is 17.7. The van der Waals surface area contributed by atoms with Gasteiger partial charge >= 0.3 is 0 Å². The fraction of sp³-hybridized carbons (Fsp3) is 0.130. The fourth-order valence-electron chi connectivity index (χ4n) is 3.60. The van der Waals surface area contributed by atoms with Crippen molar-refractivity contribution >= 4 is 11.6 Å². The molecule has 0 aliphatic heterocycles. The lowest BCUT2D eigenvalue weighted by Gasteiger charge is -2.15. The van der Waals surface area contributed by atoms with Crippen molar-refractivity contribution in [3.05, 3.63) is 78.9 Å². The van der Waals surface area contributed by atoms with Gasteiger partial charge in [-0.2, -0.15) is 5.10 Å². The van der Waals surface area contributed by atoms with Gasteiger partial charge in [-0.15, -0.1) is 5.10 Å². The maximum atomic E-state index is 11.6. The van der Waals surface area contributed by atoms with Gasteiger partial charge in [0, 0.05) is 22.9 Å². The Labute approximate surface area is 188 Å². The summed E-state index contributed by atoms with van der Waals surface area (Å²) in [5.41, 5.74) is 9.85. The average Bonchev–Trinajstić information content (AvgIpc) is 3.48. The minimum absolute atomic E-state index is 0.127. The predicted molar refractivity (Wildman–Crippen MR) is 120 cm³/mol. The summed E-state index contributed by atoms with van der Waals surface area (Å²) < 4.78 is 9.37. The number of benzene rings is 2. The van der Waals surface area contributed by atoms with Crippen molar-refractivity contribution in [2.24, 2.45) is 5.73 Å². The van der Waals surface area contributed by atoms with Crippen molar-refractivity contribution in [2.45, 2.75) is 19.6 Å². The molecular weight excluding hydrogens is 420 g/mol. The third kappa shape index (κ3) is 4.26. The van der Waals surface area contributed by atoms with Crippen LogP contribution in [0.4, 0.5) is 0 Å². The fourth-order valence-corrected chi connectivity index (χ4v) is 3.60. The summed E-state index contributed by atoms with van der Waals surface area (Å²) in [7, 11) is 0. The molecule has 0 bridgehead atoms. The molecular formula is C23H20N8O2. The summed E-state index contributed by atoms with van der Waals surface area (Å²) in [6, 6.07) is 16.8. The lowest BCUT2D eigenvalue weighted by atomic mass is 10.1. The van der Waals surface area contributed by atoms with Crippen LogP contribution in [-0.4, -0.2) is 46.8 Å². The molecule has 164 valence electrons. The first-order valence-corrected chi connectivity index (χ1v) is 10.3. The van der Waals surface area contributed by atoms with Crippen LogP contribution in [0.2, 0.25) is 0 Å². The smallest absolute Gasteiger partial charge is 0.248 e. The van der Waals surface area contributed by atoms with E-state index in [1.807, 2.05) is 49.5 Å². The number of tetrazole rings is 1. The third-order valence-electron chi connectivity index (χ3n) is 5.13. The molecule has 2 N–H and O–H groups in total. The summed E-state index contributed by atoms with van der Waals surface area (Å²) >= 11 is 0. The second-order valence-electron chi connectivity index (χ2n) is 7.57. The number of nitrogens with zero attached hydrogens (tertiary/aromatic N) is 7. The van der Waals surface area contributed by atoms with E-state index in [0.717, 1.165) is 28.1 Å². The van der Waals surface area contributed by atoms with Gasteiger partial charge in [-0.1, -0.05) is 24.3 Å². The van der Waals surface area contributed by atoms with Gasteiger partial charge in [-0.25, -0.2) is 14.2 Å². The maximum absolute atomic E-state index is 11.6. The number of aromatic nitrogens is 7. The van der Waals surface area contributed by atoms with Crippen LogP contribution in [-0.2, 0) is 6.54 Å². The van der Waals surface area contributed by atoms with Crippen molar-refractivity contribution in [1.29, 1.82) is 0 Å². The van der Waals surface area contributed by atoms with E-state index in [9.17, 15) is 4.79 Å². The second kappa shape index (κ2) is 8.50. The van der Waals surface area contributed by atoms with Crippen LogP contribution in [0.15, 0.2) is 73.3 Å². The number of hydrogen-bond acceptors (Lipinski definition) is 7. The largest absolute Gasteiger partial charge is 0.489 e. The first-order chi connectivity index (χ1) is 16.1. The summed E-state index contributed by atoms with van der Waals surface area (Å²) in [5, 5.41) is 15.5. The molecule has 0 aliphatic rings. The molecule has 10 heteroatoms. The van der Waals surface area contributed by atoms with Gasteiger partial charge in [0.05, 0.1) is 18.4 Å². The Balaban J connectivity index is 1.44. The molecule has 5 rings (SSSR count). The van der Waals surface area contributed by atoms with E-state index >= 15 is 0 Å². The highest BCUT2D eigenvalue weighted by atomic mass is 16.5. The van der Waals surface area contributed by atoms with Gasteiger partial charge in [0.15, 0.2) is 5.65 Å². The SMILES string of the molecule is CC(Cn1cnnn1)Oc1cccc(-c2ccn3ncc(-c4cccc(C(N)=O)c4)c3n2)c1. The summed E-state index contributed by atoms with van der Waals surface area (Å²) in [5.74, 6) is 0.241. The lowest BCUT2D eigenvalue weighted by Crippen LogP contribution is -2.20. The first kappa shape index (κ1) is 20.3. The summed E-state index contributed by atoms with van der Waals surface area (Å²) in [4.78, 5) is 16.4. The minimum atomic E-state index is -0.479. The molecule has 3 aromatic heterocycles. The van der Waals surface area contributed by atoms with E-state index in [1.54, 1.807) is 39.9 Å². The predicted octanol–water partition coefficient (Wildman–Crippen LogP) is 2.62. The molecule has 2 aromatic carbocycles. The monoisotopic (exact) mass is 440 g/mol. The van der Waals surface area contributed by atoms with E-state index < -0.39 is 5.91 Å². The molecule has 33 heavy (non-hydrogen) atoms. The number of rotatable bonds is 7. The number of nitrogens with two attached hydrogens (primary N) is 1. The van der Waals surface area contributed by atoms with Crippen molar-refractivity contribution in [1.82, 2.24) is 34.8 Å². The Kier molecular flexibility index (Phi) is 5.23. The van der Waals surface area contributed by atoms with E-state index in [4.69, 9.17) is 15.5 Å². The highest BCUT2D eigenvalue weighted by molar-refractivity contribution is 5.94. The number of carbonyl (C=O) groups is 1. The topological polar surface area (TPSA) is 126 Å². The molecule has 0 radical (unpaired) electrons. The quantitative estimate of drug-likeness (QED) is 0.412. The number of amides is 1. The molecule has 10 nitrogen and oxygen atoms in total. The maximum Gasteiger partial charge on any atom is 0.248 e. The second-order valence-corrected chi connectivity index (χ2v) is 7.57. The normalized spacial score (nSPS) is 12.0. The molecule has 1 amide bonds. The molecule has 0 saturated heterocycles. The van der Waals surface area contributed by atoms with Crippen molar-refractivity contribution < 1.29 is 9.53 Å².